The zero-order chi connectivity index (χ0) is 9.68. The van der Waals surface area contributed by atoms with Gasteiger partial charge in [-0.25, -0.2) is 0 Å². The SMILES string of the molecule is CC#CCC(O)c1ncccc1Br. The quantitative estimate of drug-likeness (QED) is 0.804. The zero-order valence-corrected chi connectivity index (χ0v) is 8.87. The Bertz CT molecular complexity index is 340. The maximum absolute atomic E-state index is 9.64. The van der Waals surface area contributed by atoms with Gasteiger partial charge in [0.1, 0.15) is 6.10 Å². The number of aromatic nitrogens is 1. The summed E-state index contributed by atoms with van der Waals surface area (Å²) >= 11 is 3.32. The zero-order valence-electron chi connectivity index (χ0n) is 7.29. The van der Waals surface area contributed by atoms with E-state index < -0.39 is 6.10 Å². The molecule has 1 aromatic rings. The van der Waals surface area contributed by atoms with E-state index in [9.17, 15) is 5.11 Å². The summed E-state index contributed by atoms with van der Waals surface area (Å²) in [6.07, 6.45) is 1.47. The highest BCUT2D eigenvalue weighted by Gasteiger charge is 2.10. The Kier molecular flexibility index (Phi) is 3.94. The topological polar surface area (TPSA) is 33.1 Å². The number of rotatable bonds is 2. The van der Waals surface area contributed by atoms with Crippen LogP contribution in [0.4, 0.5) is 0 Å². The molecule has 0 saturated carbocycles. The first-order chi connectivity index (χ1) is 6.25. The van der Waals surface area contributed by atoms with Gasteiger partial charge in [-0.1, -0.05) is 0 Å². The second-order valence-corrected chi connectivity index (χ2v) is 3.37. The van der Waals surface area contributed by atoms with Gasteiger partial charge in [0.05, 0.1) is 5.69 Å². The van der Waals surface area contributed by atoms with Gasteiger partial charge < -0.3 is 5.11 Å². The normalized spacial score (nSPS) is 11.6. The third-order valence-corrected chi connectivity index (χ3v) is 2.25. The standard InChI is InChI=1S/C10H10BrNO/c1-2-3-6-9(13)10-8(11)5-4-7-12-10/h4-5,7,9,13H,6H2,1H3. The number of halogens is 1. The molecule has 0 saturated heterocycles. The first-order valence-electron chi connectivity index (χ1n) is 3.93. The molecule has 0 aliphatic heterocycles. The first-order valence-corrected chi connectivity index (χ1v) is 4.73. The van der Waals surface area contributed by atoms with Crippen molar-refractivity contribution in [1.29, 1.82) is 0 Å². The lowest BCUT2D eigenvalue weighted by molar-refractivity contribution is 0.178. The minimum atomic E-state index is -0.608. The van der Waals surface area contributed by atoms with Gasteiger partial charge in [0.25, 0.3) is 0 Å². The largest absolute Gasteiger partial charge is 0.386 e. The predicted octanol–water partition coefficient (Wildman–Crippen LogP) is 2.29. The Morgan fingerprint density at radius 3 is 3.08 bits per heavy atom. The number of aliphatic hydroxyl groups excluding tert-OH is 1. The number of pyridine rings is 1. The Hall–Kier alpha value is -0.850. The smallest absolute Gasteiger partial charge is 0.108 e. The lowest BCUT2D eigenvalue weighted by Gasteiger charge is -2.07. The van der Waals surface area contributed by atoms with Crippen LogP contribution < -0.4 is 0 Å². The Morgan fingerprint density at radius 2 is 2.46 bits per heavy atom. The van der Waals surface area contributed by atoms with Gasteiger partial charge in [-0.15, -0.1) is 11.8 Å². The van der Waals surface area contributed by atoms with E-state index in [1.165, 1.54) is 0 Å². The molecule has 1 heterocycles. The molecule has 68 valence electrons. The molecular formula is C10H10BrNO. The fourth-order valence-corrected chi connectivity index (χ4v) is 1.46. The van der Waals surface area contributed by atoms with E-state index in [1.54, 1.807) is 13.1 Å². The van der Waals surface area contributed by atoms with Crippen LogP contribution in [0.2, 0.25) is 0 Å². The van der Waals surface area contributed by atoms with Crippen molar-refractivity contribution in [3.63, 3.8) is 0 Å². The van der Waals surface area contributed by atoms with E-state index in [-0.39, 0.29) is 0 Å². The summed E-state index contributed by atoms with van der Waals surface area (Å²) in [4.78, 5) is 4.07. The Balaban J connectivity index is 2.80. The maximum Gasteiger partial charge on any atom is 0.108 e. The summed E-state index contributed by atoms with van der Waals surface area (Å²) in [5.74, 6) is 5.55. The predicted molar refractivity (Wildman–Crippen MR) is 55.0 cm³/mol. The fourth-order valence-electron chi connectivity index (χ4n) is 0.939. The molecule has 0 aromatic carbocycles. The lowest BCUT2D eigenvalue weighted by atomic mass is 10.2. The van der Waals surface area contributed by atoms with Crippen LogP contribution in [0.15, 0.2) is 22.8 Å². The molecule has 1 N–H and O–H groups in total. The number of hydrogen-bond donors (Lipinski definition) is 1. The van der Waals surface area contributed by atoms with Gasteiger partial charge in [-0.2, -0.15) is 0 Å². The molecule has 0 bridgehead atoms. The Labute approximate surface area is 86.1 Å². The van der Waals surface area contributed by atoms with E-state index in [0.717, 1.165) is 4.47 Å². The third-order valence-electron chi connectivity index (χ3n) is 1.57. The molecule has 1 atom stereocenters. The maximum atomic E-state index is 9.64. The minimum absolute atomic E-state index is 0.423. The summed E-state index contributed by atoms with van der Waals surface area (Å²) in [7, 11) is 0. The van der Waals surface area contributed by atoms with Crippen LogP contribution in [0.25, 0.3) is 0 Å². The van der Waals surface area contributed by atoms with Gasteiger partial charge in [0.15, 0.2) is 0 Å². The van der Waals surface area contributed by atoms with Crippen molar-refractivity contribution in [2.75, 3.05) is 0 Å². The monoisotopic (exact) mass is 239 g/mol. The third kappa shape index (κ3) is 2.83. The molecule has 0 spiro atoms. The Morgan fingerprint density at radius 1 is 1.69 bits per heavy atom. The number of nitrogens with zero attached hydrogens (tertiary/aromatic N) is 1. The molecule has 0 fully saturated rings. The van der Waals surface area contributed by atoms with Crippen LogP contribution in [0.3, 0.4) is 0 Å². The van der Waals surface area contributed by atoms with Crippen molar-refractivity contribution < 1.29 is 5.11 Å². The molecule has 0 aliphatic rings. The summed E-state index contributed by atoms with van der Waals surface area (Å²) in [5.41, 5.74) is 0.644. The summed E-state index contributed by atoms with van der Waals surface area (Å²) in [6, 6.07) is 3.66. The fraction of sp³-hybridized carbons (Fsp3) is 0.300. The van der Waals surface area contributed by atoms with Gasteiger partial charge in [-0.05, 0) is 35.0 Å². The van der Waals surface area contributed by atoms with E-state index in [2.05, 4.69) is 32.8 Å². The highest BCUT2D eigenvalue weighted by Crippen LogP contribution is 2.22. The second kappa shape index (κ2) is 5.00. The van der Waals surface area contributed by atoms with Crippen molar-refractivity contribution in [2.24, 2.45) is 0 Å². The molecule has 0 radical (unpaired) electrons. The van der Waals surface area contributed by atoms with Crippen LogP contribution in [0, 0.1) is 11.8 Å². The molecule has 2 nitrogen and oxygen atoms in total. The van der Waals surface area contributed by atoms with Crippen molar-refractivity contribution >= 4 is 15.9 Å². The molecule has 13 heavy (non-hydrogen) atoms. The summed E-state index contributed by atoms with van der Waals surface area (Å²) in [6.45, 7) is 1.75. The van der Waals surface area contributed by atoms with Crippen molar-refractivity contribution in [3.05, 3.63) is 28.5 Å². The first kappa shape index (κ1) is 10.2. The van der Waals surface area contributed by atoms with Crippen LogP contribution >= 0.6 is 15.9 Å². The lowest BCUT2D eigenvalue weighted by Crippen LogP contribution is -1.99. The van der Waals surface area contributed by atoms with Crippen LogP contribution in [0.1, 0.15) is 25.1 Å². The molecule has 1 rings (SSSR count). The number of hydrogen-bond acceptors (Lipinski definition) is 2. The highest BCUT2D eigenvalue weighted by atomic mass is 79.9. The molecule has 1 unspecified atom stereocenters. The van der Waals surface area contributed by atoms with Gasteiger partial charge in [0.2, 0.25) is 0 Å². The average molecular weight is 240 g/mol. The second-order valence-electron chi connectivity index (χ2n) is 2.52. The van der Waals surface area contributed by atoms with Gasteiger partial charge >= 0.3 is 0 Å². The molecule has 0 amide bonds. The number of aliphatic hydroxyl groups is 1. The summed E-state index contributed by atoms with van der Waals surface area (Å²) < 4.78 is 0.820. The van der Waals surface area contributed by atoms with Crippen molar-refractivity contribution in [2.45, 2.75) is 19.4 Å². The van der Waals surface area contributed by atoms with Gasteiger partial charge in [0, 0.05) is 17.1 Å². The summed E-state index contributed by atoms with van der Waals surface area (Å²) in [5, 5.41) is 9.64. The van der Waals surface area contributed by atoms with Crippen molar-refractivity contribution in [1.82, 2.24) is 4.98 Å². The van der Waals surface area contributed by atoms with Gasteiger partial charge in [-0.3, -0.25) is 4.98 Å². The molecule has 1 aromatic heterocycles. The van der Waals surface area contributed by atoms with E-state index >= 15 is 0 Å². The van der Waals surface area contributed by atoms with E-state index in [4.69, 9.17) is 0 Å². The van der Waals surface area contributed by atoms with Crippen LogP contribution in [-0.2, 0) is 0 Å². The molecule has 0 aliphatic carbocycles. The average Bonchev–Trinajstić information content (AvgIpc) is 2.15. The van der Waals surface area contributed by atoms with Crippen LogP contribution in [0.5, 0.6) is 0 Å². The van der Waals surface area contributed by atoms with Crippen LogP contribution in [-0.4, -0.2) is 10.1 Å². The van der Waals surface area contributed by atoms with Crippen molar-refractivity contribution in [3.8, 4) is 11.8 Å². The molecular weight excluding hydrogens is 230 g/mol. The minimum Gasteiger partial charge on any atom is -0.386 e. The van der Waals surface area contributed by atoms with E-state index in [1.807, 2.05) is 12.1 Å². The molecule has 3 heteroatoms. The van der Waals surface area contributed by atoms with E-state index in [0.29, 0.717) is 12.1 Å². The highest BCUT2D eigenvalue weighted by molar-refractivity contribution is 9.10.